The van der Waals surface area contributed by atoms with Crippen LogP contribution in [0.1, 0.15) is 33.3 Å². The molecule has 0 aliphatic carbocycles. The first-order valence-electron chi connectivity index (χ1n) is 13.9. The standard InChI is InChI=1S/C29H34F2N8O4.ClH/c1-20(37-13-14-38(27(37)41)22-6-8-23(9-7-22)39-12-11-32-34-39)29(42,24-10-5-21(30)15-25(24)31)16-36-18-35(17-33-36)19-43-26(40)28(2,3)4;/h5-12,15,17,20,42H,13-14,16,18-19H2,1-4H3;1H/t20-,29-;/m1./s1. The molecule has 2 aromatic carbocycles. The predicted molar refractivity (Wildman–Crippen MR) is 152 cm³/mol. The topological polar surface area (TPSA) is 121 Å². The van der Waals surface area contributed by atoms with E-state index in [0.29, 0.717) is 23.3 Å². The Hall–Kier alpha value is -4.14. The van der Waals surface area contributed by atoms with Crippen LogP contribution in [0, 0.1) is 17.0 Å². The van der Waals surface area contributed by atoms with E-state index in [1.807, 2.05) is 12.1 Å². The lowest BCUT2D eigenvalue weighted by Crippen LogP contribution is -3.09. The van der Waals surface area contributed by atoms with E-state index in [2.05, 4.69) is 15.4 Å². The molecule has 15 heteroatoms. The number of nitrogens with one attached hydrogen (secondary N) is 1. The maximum Gasteiger partial charge on any atom is 0.324 e. The zero-order valence-corrected chi connectivity index (χ0v) is 25.6. The van der Waals surface area contributed by atoms with Crippen molar-refractivity contribution >= 4 is 24.0 Å². The van der Waals surface area contributed by atoms with Crippen LogP contribution < -0.4 is 22.3 Å². The number of urea groups is 1. The number of halogens is 3. The summed E-state index contributed by atoms with van der Waals surface area (Å²) in [5.41, 5.74) is -1.35. The number of hydrogen-bond donors (Lipinski definition) is 2. The van der Waals surface area contributed by atoms with Gasteiger partial charge in [0.25, 0.3) is 0 Å². The molecule has 1 aromatic heterocycles. The molecule has 0 saturated carbocycles. The highest BCUT2D eigenvalue weighted by atomic mass is 35.5. The largest absolute Gasteiger partial charge is 1.00 e. The fourth-order valence-corrected chi connectivity index (χ4v) is 5.18. The molecule has 0 radical (unpaired) electrons. The summed E-state index contributed by atoms with van der Waals surface area (Å²) in [6.45, 7) is 7.52. The van der Waals surface area contributed by atoms with Crippen LogP contribution in [-0.2, 0) is 15.1 Å². The molecule has 0 spiro atoms. The number of benzene rings is 2. The Morgan fingerprint density at radius 3 is 2.45 bits per heavy atom. The number of anilines is 1. The number of aromatic nitrogens is 3. The summed E-state index contributed by atoms with van der Waals surface area (Å²) in [6.07, 6.45) is 4.76. The molecule has 1 unspecified atom stereocenters. The van der Waals surface area contributed by atoms with Gasteiger partial charge in [-0.05, 0) is 64.1 Å². The molecule has 236 valence electrons. The highest BCUT2D eigenvalue weighted by molar-refractivity contribution is 5.94. The fraction of sp³-hybridized carbons (Fsp3) is 0.414. The summed E-state index contributed by atoms with van der Waals surface area (Å²) in [5, 5.41) is 24.8. The molecule has 1 fully saturated rings. The van der Waals surface area contributed by atoms with E-state index in [1.165, 1.54) is 17.3 Å². The van der Waals surface area contributed by atoms with Crippen molar-refractivity contribution < 1.29 is 45.6 Å². The molecule has 3 atom stereocenters. The van der Waals surface area contributed by atoms with Crippen molar-refractivity contribution in [3.05, 3.63) is 72.1 Å². The van der Waals surface area contributed by atoms with Gasteiger partial charge in [0.15, 0.2) is 25.3 Å². The van der Waals surface area contributed by atoms with E-state index < -0.39 is 28.7 Å². The molecule has 44 heavy (non-hydrogen) atoms. The first kappa shape index (κ1) is 32.8. The van der Waals surface area contributed by atoms with Gasteiger partial charge >= 0.3 is 12.0 Å². The highest BCUT2D eigenvalue weighted by Crippen LogP contribution is 2.33. The van der Waals surface area contributed by atoms with Crippen LogP contribution in [0.2, 0.25) is 0 Å². The molecule has 2 aliphatic heterocycles. The van der Waals surface area contributed by atoms with Gasteiger partial charge in [0.05, 0.1) is 29.5 Å². The van der Waals surface area contributed by atoms with Gasteiger partial charge < -0.3 is 27.2 Å². The first-order valence-corrected chi connectivity index (χ1v) is 13.9. The van der Waals surface area contributed by atoms with Gasteiger partial charge in [-0.3, -0.25) is 14.6 Å². The molecule has 2 amide bonds. The summed E-state index contributed by atoms with van der Waals surface area (Å²) < 4.78 is 36.0. The fourth-order valence-electron chi connectivity index (χ4n) is 5.18. The average Bonchev–Trinajstić information content (AvgIpc) is 3.73. The quantitative estimate of drug-likeness (QED) is 0.282. The molecule has 0 bridgehead atoms. The zero-order valence-electron chi connectivity index (χ0n) is 24.8. The summed E-state index contributed by atoms with van der Waals surface area (Å²) in [5.74, 6) is -2.09. The molecular weight excluding hydrogens is 598 g/mol. The van der Waals surface area contributed by atoms with Crippen molar-refractivity contribution in [2.24, 2.45) is 10.5 Å². The molecule has 2 N–H and O–H groups in total. The Kier molecular flexibility index (Phi) is 9.56. The van der Waals surface area contributed by atoms with Gasteiger partial charge in [0.2, 0.25) is 0 Å². The van der Waals surface area contributed by atoms with Crippen LogP contribution in [0.15, 0.2) is 60.0 Å². The Morgan fingerprint density at radius 1 is 1.11 bits per heavy atom. The van der Waals surface area contributed by atoms with Crippen LogP contribution in [0.5, 0.6) is 0 Å². The smallest absolute Gasteiger partial charge is 0.324 e. The Balaban J connectivity index is 0.00000442. The van der Waals surface area contributed by atoms with E-state index in [9.17, 15) is 19.1 Å². The van der Waals surface area contributed by atoms with Crippen molar-refractivity contribution in [3.8, 4) is 5.69 Å². The number of ether oxygens (including phenoxy) is 1. The molecule has 1 saturated heterocycles. The second kappa shape index (κ2) is 12.8. The molecule has 12 nitrogen and oxygen atoms in total. The third-order valence-corrected chi connectivity index (χ3v) is 7.68. The second-order valence-corrected chi connectivity index (χ2v) is 11.8. The highest BCUT2D eigenvalue weighted by Gasteiger charge is 2.49. The SMILES string of the molecule is C[C@@H](N1CCN(c2ccc(-n3ccnn3)cc2)C1=O)[C@](O)(C[NH+]1CN(COC(=O)C(C)(C)C)C=N1)c1ccc(F)cc1F.[Cl-]. The Labute approximate surface area is 259 Å². The van der Waals surface area contributed by atoms with Crippen LogP contribution in [0.25, 0.3) is 5.69 Å². The third-order valence-electron chi connectivity index (χ3n) is 7.68. The van der Waals surface area contributed by atoms with Crippen LogP contribution in [0.4, 0.5) is 19.3 Å². The number of quaternary nitrogens is 1. The zero-order chi connectivity index (χ0) is 30.9. The Bertz CT molecular complexity index is 1500. The first-order chi connectivity index (χ1) is 20.4. The van der Waals surface area contributed by atoms with E-state index >= 15 is 4.39 Å². The lowest BCUT2D eigenvalue weighted by Gasteiger charge is -2.39. The van der Waals surface area contributed by atoms with E-state index in [1.54, 1.807) is 66.7 Å². The predicted octanol–water partition coefficient (Wildman–Crippen LogP) is -1.28. The molecular formula is C29H35ClF2N8O4. The average molecular weight is 633 g/mol. The maximum atomic E-state index is 15.2. The Morgan fingerprint density at radius 2 is 1.82 bits per heavy atom. The second-order valence-electron chi connectivity index (χ2n) is 11.8. The number of esters is 1. The lowest BCUT2D eigenvalue weighted by atomic mass is 9.85. The van der Waals surface area contributed by atoms with Gasteiger partial charge in [0.1, 0.15) is 18.2 Å². The summed E-state index contributed by atoms with van der Waals surface area (Å²) in [4.78, 5) is 30.6. The summed E-state index contributed by atoms with van der Waals surface area (Å²) in [6, 6.07) is 8.91. The van der Waals surface area contributed by atoms with E-state index in [0.717, 1.165) is 11.8 Å². The van der Waals surface area contributed by atoms with Crippen LogP contribution >= 0.6 is 0 Å². The van der Waals surface area contributed by atoms with Gasteiger partial charge in [0, 0.05) is 30.4 Å². The minimum absolute atomic E-state index is 0. The number of carbonyl (C=O) groups excluding carboxylic acids is 2. The van der Waals surface area contributed by atoms with Gasteiger partial charge in [-0.15, -0.1) is 5.10 Å². The lowest BCUT2D eigenvalue weighted by molar-refractivity contribution is -0.915. The van der Waals surface area contributed by atoms with Crippen molar-refractivity contribution in [1.29, 1.82) is 0 Å². The molecule has 2 aliphatic rings. The molecule has 3 heterocycles. The number of carbonyl (C=O) groups is 2. The number of rotatable bonds is 9. The molecule has 3 aromatic rings. The monoisotopic (exact) mass is 632 g/mol. The van der Waals surface area contributed by atoms with Crippen molar-refractivity contribution in [2.75, 3.05) is 37.9 Å². The van der Waals surface area contributed by atoms with Crippen molar-refractivity contribution in [3.63, 3.8) is 0 Å². The van der Waals surface area contributed by atoms with Crippen molar-refractivity contribution in [2.45, 2.75) is 39.3 Å². The minimum atomic E-state index is -1.95. The molecule has 5 rings (SSSR count). The third kappa shape index (κ3) is 6.66. The van der Waals surface area contributed by atoms with Crippen molar-refractivity contribution in [1.82, 2.24) is 24.8 Å². The van der Waals surface area contributed by atoms with E-state index in [4.69, 9.17) is 4.74 Å². The minimum Gasteiger partial charge on any atom is -1.00 e. The van der Waals surface area contributed by atoms with Crippen LogP contribution in [0.3, 0.4) is 0 Å². The van der Waals surface area contributed by atoms with Crippen LogP contribution in [-0.4, -0.2) is 87.3 Å². The number of hydrogen-bond acceptors (Lipinski definition) is 8. The number of nitrogens with zero attached hydrogens (tertiary/aromatic N) is 7. The van der Waals surface area contributed by atoms with Gasteiger partial charge in [-0.2, -0.15) is 5.01 Å². The van der Waals surface area contributed by atoms with E-state index in [-0.39, 0.29) is 56.5 Å². The summed E-state index contributed by atoms with van der Waals surface area (Å²) >= 11 is 0. The van der Waals surface area contributed by atoms with Gasteiger partial charge in [-0.1, -0.05) is 10.3 Å². The van der Waals surface area contributed by atoms with Gasteiger partial charge in [-0.25, -0.2) is 18.3 Å². The summed E-state index contributed by atoms with van der Waals surface area (Å²) in [7, 11) is 0. The normalized spacial score (nSPS) is 18.8. The number of amides is 2. The maximum absolute atomic E-state index is 15.2. The number of aliphatic hydroxyl groups is 1.